The zero-order chi connectivity index (χ0) is 20.4. The second-order valence-corrected chi connectivity index (χ2v) is 8.77. The Morgan fingerprint density at radius 1 is 1.21 bits per heavy atom. The van der Waals surface area contributed by atoms with Crippen LogP contribution in [0.25, 0.3) is 5.69 Å². The lowest BCUT2D eigenvalue weighted by molar-refractivity contribution is -0.121. The first-order valence-electron chi connectivity index (χ1n) is 9.32. The lowest BCUT2D eigenvalue weighted by Gasteiger charge is -2.30. The Hall–Kier alpha value is -2.52. The molecule has 0 unspecified atom stereocenters. The molecule has 1 aliphatic heterocycles. The quantitative estimate of drug-likeness (QED) is 0.622. The van der Waals surface area contributed by atoms with E-state index in [1.54, 1.807) is 22.0 Å². The fourth-order valence-corrected chi connectivity index (χ4v) is 4.27. The third-order valence-electron chi connectivity index (χ3n) is 4.92. The molecule has 3 aromatic rings. The van der Waals surface area contributed by atoms with E-state index >= 15 is 0 Å². The minimum absolute atomic E-state index is 0.0190. The van der Waals surface area contributed by atoms with Crippen molar-refractivity contribution in [3.8, 4) is 5.69 Å². The van der Waals surface area contributed by atoms with Gasteiger partial charge in [0.25, 0.3) is 5.91 Å². The number of thiazole rings is 1. The van der Waals surface area contributed by atoms with Crippen molar-refractivity contribution >= 4 is 44.2 Å². The van der Waals surface area contributed by atoms with Crippen LogP contribution in [-0.2, 0) is 4.79 Å². The maximum absolute atomic E-state index is 12.8. The van der Waals surface area contributed by atoms with Gasteiger partial charge in [-0.2, -0.15) is 5.10 Å². The van der Waals surface area contributed by atoms with E-state index in [1.807, 2.05) is 36.6 Å². The first kappa shape index (κ1) is 19.8. The lowest BCUT2D eigenvalue weighted by atomic mass is 9.95. The predicted molar refractivity (Wildman–Crippen MR) is 115 cm³/mol. The molecule has 0 spiro atoms. The number of amides is 2. The number of carbonyl (C=O) groups excluding carboxylic acids is 2. The maximum atomic E-state index is 12.8. The number of rotatable bonds is 4. The highest BCUT2D eigenvalue weighted by Crippen LogP contribution is 2.23. The topological polar surface area (TPSA) is 80.1 Å². The fourth-order valence-electron chi connectivity index (χ4n) is 3.31. The summed E-state index contributed by atoms with van der Waals surface area (Å²) in [5.41, 5.74) is 2.34. The Kier molecular flexibility index (Phi) is 5.77. The zero-order valence-corrected chi connectivity index (χ0v) is 18.2. The highest BCUT2D eigenvalue weighted by Gasteiger charge is 2.28. The lowest BCUT2D eigenvalue weighted by Crippen LogP contribution is -2.41. The molecule has 9 heteroatoms. The summed E-state index contributed by atoms with van der Waals surface area (Å²) in [7, 11) is 0. The van der Waals surface area contributed by atoms with Crippen molar-refractivity contribution in [2.75, 3.05) is 18.4 Å². The van der Waals surface area contributed by atoms with Gasteiger partial charge in [-0.3, -0.25) is 9.59 Å². The van der Waals surface area contributed by atoms with Crippen molar-refractivity contribution in [3.63, 3.8) is 0 Å². The largest absolute Gasteiger partial charge is 0.339 e. The number of halogens is 1. The van der Waals surface area contributed by atoms with E-state index in [1.165, 1.54) is 11.3 Å². The SMILES string of the molecule is Cc1csc(NC(=O)C2CCN(C(=O)c3cnn(-c4ccc(Br)cc4)c3)CC2)n1. The van der Waals surface area contributed by atoms with Crippen LogP contribution in [0, 0.1) is 12.8 Å². The molecule has 1 saturated heterocycles. The molecule has 29 heavy (non-hydrogen) atoms. The first-order valence-corrected chi connectivity index (χ1v) is 11.0. The number of benzene rings is 1. The number of likely N-dealkylation sites (tertiary alicyclic amines) is 1. The van der Waals surface area contributed by atoms with E-state index in [9.17, 15) is 9.59 Å². The summed E-state index contributed by atoms with van der Waals surface area (Å²) in [4.78, 5) is 31.3. The molecule has 0 saturated carbocycles. The summed E-state index contributed by atoms with van der Waals surface area (Å²) in [6, 6.07) is 7.72. The number of piperidine rings is 1. The molecule has 0 bridgehead atoms. The van der Waals surface area contributed by atoms with E-state index in [0.29, 0.717) is 36.6 Å². The summed E-state index contributed by atoms with van der Waals surface area (Å²) in [6.07, 6.45) is 4.62. The third-order valence-corrected chi connectivity index (χ3v) is 6.33. The molecule has 1 aromatic carbocycles. The van der Waals surface area contributed by atoms with Gasteiger partial charge >= 0.3 is 0 Å². The predicted octanol–water partition coefficient (Wildman–Crippen LogP) is 3.89. The Bertz CT molecular complexity index is 1020. The molecule has 1 fully saturated rings. The van der Waals surface area contributed by atoms with Gasteiger partial charge in [0.15, 0.2) is 5.13 Å². The molecule has 0 aliphatic carbocycles. The molecule has 150 valence electrons. The molecule has 1 N–H and O–H groups in total. The number of carbonyl (C=O) groups is 2. The van der Waals surface area contributed by atoms with E-state index in [4.69, 9.17) is 0 Å². The van der Waals surface area contributed by atoms with Crippen LogP contribution < -0.4 is 5.32 Å². The van der Waals surface area contributed by atoms with Crippen LogP contribution in [0.5, 0.6) is 0 Å². The van der Waals surface area contributed by atoms with E-state index in [2.05, 4.69) is 31.3 Å². The summed E-state index contributed by atoms with van der Waals surface area (Å²) >= 11 is 4.84. The second-order valence-electron chi connectivity index (χ2n) is 7.00. The number of anilines is 1. The van der Waals surface area contributed by atoms with E-state index in [0.717, 1.165) is 15.9 Å². The summed E-state index contributed by atoms with van der Waals surface area (Å²) in [5, 5.41) is 9.73. The van der Waals surface area contributed by atoms with Crippen molar-refractivity contribution in [3.05, 3.63) is 57.8 Å². The molecule has 0 radical (unpaired) electrons. The van der Waals surface area contributed by atoms with Gasteiger partial charge in [-0.15, -0.1) is 11.3 Å². The van der Waals surface area contributed by atoms with Crippen molar-refractivity contribution < 1.29 is 9.59 Å². The highest BCUT2D eigenvalue weighted by atomic mass is 79.9. The Morgan fingerprint density at radius 3 is 2.59 bits per heavy atom. The van der Waals surface area contributed by atoms with Crippen LogP contribution >= 0.6 is 27.3 Å². The van der Waals surface area contributed by atoms with Crippen molar-refractivity contribution in [1.82, 2.24) is 19.7 Å². The van der Waals surface area contributed by atoms with Crippen LogP contribution in [0.1, 0.15) is 28.9 Å². The Labute approximate surface area is 180 Å². The molecule has 2 amide bonds. The molecule has 2 aromatic heterocycles. The monoisotopic (exact) mass is 473 g/mol. The average molecular weight is 474 g/mol. The van der Waals surface area contributed by atoms with Crippen molar-refractivity contribution in [1.29, 1.82) is 0 Å². The van der Waals surface area contributed by atoms with E-state index < -0.39 is 0 Å². The molecule has 4 rings (SSSR count). The number of nitrogens with zero attached hydrogens (tertiary/aromatic N) is 4. The van der Waals surface area contributed by atoms with Gasteiger partial charge in [0.2, 0.25) is 5.91 Å². The fraction of sp³-hybridized carbons (Fsp3) is 0.300. The van der Waals surface area contributed by atoms with Gasteiger partial charge in [0, 0.05) is 35.1 Å². The van der Waals surface area contributed by atoms with Crippen LogP contribution in [0.3, 0.4) is 0 Å². The third kappa shape index (κ3) is 4.56. The number of nitrogens with one attached hydrogen (secondary N) is 1. The summed E-state index contributed by atoms with van der Waals surface area (Å²) in [5.74, 6) is -0.175. The van der Waals surface area contributed by atoms with Crippen molar-refractivity contribution in [2.45, 2.75) is 19.8 Å². The smallest absolute Gasteiger partial charge is 0.257 e. The maximum Gasteiger partial charge on any atom is 0.257 e. The van der Waals surface area contributed by atoms with Crippen LogP contribution in [-0.4, -0.2) is 44.6 Å². The molecule has 0 atom stereocenters. The minimum atomic E-state index is -0.103. The number of aryl methyl sites for hydroxylation is 1. The van der Waals surface area contributed by atoms with Gasteiger partial charge < -0.3 is 10.2 Å². The van der Waals surface area contributed by atoms with Gasteiger partial charge in [0.1, 0.15) is 0 Å². The Morgan fingerprint density at radius 2 is 1.93 bits per heavy atom. The standard InChI is InChI=1S/C20H20BrN5O2S/c1-13-12-29-20(23-13)24-18(27)14-6-8-25(9-7-14)19(28)15-10-22-26(11-15)17-4-2-16(21)3-5-17/h2-5,10-12,14H,6-9H2,1H3,(H,23,24,27). The van der Waals surface area contributed by atoms with Crippen molar-refractivity contribution in [2.24, 2.45) is 5.92 Å². The second kappa shape index (κ2) is 8.46. The van der Waals surface area contributed by atoms with Gasteiger partial charge in [-0.05, 0) is 44.0 Å². The average Bonchev–Trinajstić information content (AvgIpc) is 3.37. The van der Waals surface area contributed by atoms with Crippen LogP contribution in [0.4, 0.5) is 5.13 Å². The number of aromatic nitrogens is 3. The minimum Gasteiger partial charge on any atom is -0.339 e. The molecular weight excluding hydrogens is 454 g/mol. The molecular formula is C20H20BrN5O2S. The number of hydrogen-bond donors (Lipinski definition) is 1. The number of hydrogen-bond acceptors (Lipinski definition) is 5. The summed E-state index contributed by atoms with van der Waals surface area (Å²) in [6.45, 7) is 3.00. The van der Waals surface area contributed by atoms with E-state index in [-0.39, 0.29) is 17.7 Å². The van der Waals surface area contributed by atoms with Gasteiger partial charge in [0.05, 0.1) is 23.1 Å². The summed E-state index contributed by atoms with van der Waals surface area (Å²) < 4.78 is 2.68. The van der Waals surface area contributed by atoms with Crippen LogP contribution in [0.15, 0.2) is 46.5 Å². The first-order chi connectivity index (χ1) is 14.0. The van der Waals surface area contributed by atoms with Gasteiger partial charge in [-0.25, -0.2) is 9.67 Å². The molecule has 3 heterocycles. The van der Waals surface area contributed by atoms with Gasteiger partial charge in [-0.1, -0.05) is 15.9 Å². The normalized spacial score (nSPS) is 14.8. The Balaban J connectivity index is 1.34. The van der Waals surface area contributed by atoms with Crippen LogP contribution in [0.2, 0.25) is 0 Å². The zero-order valence-electron chi connectivity index (χ0n) is 15.8. The molecule has 1 aliphatic rings. The highest BCUT2D eigenvalue weighted by molar-refractivity contribution is 9.10. The molecule has 7 nitrogen and oxygen atoms in total.